The van der Waals surface area contributed by atoms with Crippen molar-refractivity contribution in [3.63, 3.8) is 0 Å². The topological polar surface area (TPSA) is 56.7 Å². The van der Waals surface area contributed by atoms with Gasteiger partial charge in [0, 0.05) is 28.4 Å². The maximum absolute atomic E-state index is 6.05. The minimum Gasteiger partial charge on any atom is -0.398 e. The van der Waals surface area contributed by atoms with E-state index < -0.39 is 0 Å². The van der Waals surface area contributed by atoms with E-state index >= 15 is 0 Å². The van der Waals surface area contributed by atoms with Crippen molar-refractivity contribution in [2.24, 2.45) is 0 Å². The second kappa shape index (κ2) is 5.21. The van der Waals surface area contributed by atoms with E-state index in [9.17, 15) is 0 Å². The summed E-state index contributed by atoms with van der Waals surface area (Å²) in [7, 11) is 0. The molecule has 1 aromatic carbocycles. The van der Waals surface area contributed by atoms with Gasteiger partial charge in [-0.05, 0) is 49.4 Å². The number of anilines is 1. The normalized spacial score (nSPS) is 18.1. The van der Waals surface area contributed by atoms with E-state index in [1.165, 1.54) is 31.5 Å². The molecule has 0 bridgehead atoms. The molecule has 0 saturated heterocycles. The smallest absolute Gasteiger partial charge is 0.191 e. The van der Waals surface area contributed by atoms with Gasteiger partial charge in [-0.2, -0.15) is 0 Å². The van der Waals surface area contributed by atoms with Crippen LogP contribution >= 0.6 is 23.4 Å². The van der Waals surface area contributed by atoms with Crippen molar-refractivity contribution in [3.05, 3.63) is 34.6 Å². The highest BCUT2D eigenvalue weighted by Gasteiger charge is 2.36. The van der Waals surface area contributed by atoms with Gasteiger partial charge < -0.3 is 10.3 Å². The van der Waals surface area contributed by atoms with Gasteiger partial charge in [0.2, 0.25) is 0 Å². The second-order valence-corrected chi connectivity index (χ2v) is 7.23. The quantitative estimate of drug-likeness (QED) is 0.668. The average Bonchev–Trinajstić information content (AvgIpc) is 3.38. The van der Waals surface area contributed by atoms with Crippen molar-refractivity contribution in [2.75, 3.05) is 5.73 Å². The van der Waals surface area contributed by atoms with E-state index in [0.717, 1.165) is 27.2 Å². The Morgan fingerprint density at radius 1 is 1.24 bits per heavy atom. The third-order valence-corrected chi connectivity index (χ3v) is 5.23. The molecule has 110 valence electrons. The highest BCUT2D eigenvalue weighted by Crippen LogP contribution is 2.46. The van der Waals surface area contributed by atoms with Crippen LogP contribution in [0.15, 0.2) is 23.4 Å². The summed E-state index contributed by atoms with van der Waals surface area (Å²) >= 11 is 7.75. The third-order valence-electron chi connectivity index (χ3n) is 4.01. The largest absolute Gasteiger partial charge is 0.398 e. The first-order chi connectivity index (χ1) is 10.2. The Bertz CT molecular complexity index is 676. The first kappa shape index (κ1) is 13.5. The van der Waals surface area contributed by atoms with E-state index in [2.05, 4.69) is 14.8 Å². The zero-order valence-electron chi connectivity index (χ0n) is 11.6. The summed E-state index contributed by atoms with van der Waals surface area (Å²) in [6, 6.07) is 6.24. The molecule has 1 heterocycles. The van der Waals surface area contributed by atoms with E-state index in [4.69, 9.17) is 17.3 Å². The Hall–Kier alpha value is -1.20. The van der Waals surface area contributed by atoms with Gasteiger partial charge in [0.05, 0.1) is 0 Å². The molecule has 0 atom stereocenters. The minimum atomic E-state index is 0.620. The summed E-state index contributed by atoms with van der Waals surface area (Å²) in [6.45, 7) is 0. The summed E-state index contributed by atoms with van der Waals surface area (Å²) in [5, 5.41) is 10.6. The number of benzene rings is 1. The molecule has 2 aliphatic rings. The third kappa shape index (κ3) is 2.77. The highest BCUT2D eigenvalue weighted by atomic mass is 35.5. The van der Waals surface area contributed by atoms with Gasteiger partial charge in [-0.15, -0.1) is 10.2 Å². The first-order valence-electron chi connectivity index (χ1n) is 7.34. The standard InChI is InChI=1S/C15H17ClN4S/c16-11-3-6-13(17)10(7-11)8-21-15-19-18-14(9-1-2-9)20(15)12-4-5-12/h3,6-7,9,12H,1-2,4-5,8,17H2. The molecule has 0 spiro atoms. The number of halogens is 1. The van der Waals surface area contributed by atoms with Gasteiger partial charge in [-0.3, -0.25) is 0 Å². The molecule has 0 amide bonds. The van der Waals surface area contributed by atoms with Crippen molar-refractivity contribution in [2.45, 2.75) is 48.6 Å². The van der Waals surface area contributed by atoms with Crippen LogP contribution in [0.3, 0.4) is 0 Å². The number of hydrogen-bond donors (Lipinski definition) is 1. The van der Waals surface area contributed by atoms with Crippen LogP contribution in [0.5, 0.6) is 0 Å². The maximum Gasteiger partial charge on any atom is 0.191 e. The number of thioether (sulfide) groups is 1. The summed E-state index contributed by atoms with van der Waals surface area (Å²) in [4.78, 5) is 0. The Morgan fingerprint density at radius 3 is 2.76 bits per heavy atom. The van der Waals surface area contributed by atoms with E-state index in [-0.39, 0.29) is 0 Å². The zero-order chi connectivity index (χ0) is 14.4. The lowest BCUT2D eigenvalue weighted by Crippen LogP contribution is -2.02. The predicted octanol–water partition coefficient (Wildman–Crippen LogP) is 4.02. The molecule has 0 radical (unpaired) electrons. The Balaban J connectivity index is 1.55. The number of hydrogen-bond acceptors (Lipinski definition) is 4. The average molecular weight is 321 g/mol. The van der Waals surface area contributed by atoms with E-state index in [1.54, 1.807) is 11.8 Å². The van der Waals surface area contributed by atoms with Crippen molar-refractivity contribution < 1.29 is 0 Å². The van der Waals surface area contributed by atoms with Crippen LogP contribution in [0.25, 0.3) is 0 Å². The molecule has 2 aromatic rings. The minimum absolute atomic E-state index is 0.620. The Morgan fingerprint density at radius 2 is 2.05 bits per heavy atom. The van der Waals surface area contributed by atoms with Crippen LogP contribution in [0.1, 0.15) is 49.0 Å². The lowest BCUT2D eigenvalue weighted by atomic mass is 10.2. The summed E-state index contributed by atoms with van der Waals surface area (Å²) in [6.07, 6.45) is 5.03. The van der Waals surface area contributed by atoms with Crippen LogP contribution < -0.4 is 5.73 Å². The van der Waals surface area contributed by atoms with Gasteiger partial charge in [-0.25, -0.2) is 0 Å². The van der Waals surface area contributed by atoms with Gasteiger partial charge in [0.1, 0.15) is 5.82 Å². The SMILES string of the molecule is Nc1ccc(Cl)cc1CSc1nnc(C2CC2)n1C1CC1. The zero-order valence-corrected chi connectivity index (χ0v) is 13.2. The maximum atomic E-state index is 6.05. The number of rotatable bonds is 5. The molecule has 2 saturated carbocycles. The van der Waals surface area contributed by atoms with Crippen LogP contribution in [-0.2, 0) is 5.75 Å². The molecule has 2 aliphatic carbocycles. The molecule has 0 aliphatic heterocycles. The van der Waals surface area contributed by atoms with Crippen molar-refractivity contribution in [1.82, 2.24) is 14.8 Å². The summed E-state index contributed by atoms with van der Waals surface area (Å²) < 4.78 is 2.36. The van der Waals surface area contributed by atoms with Crippen molar-refractivity contribution >= 4 is 29.1 Å². The monoisotopic (exact) mass is 320 g/mol. The lowest BCUT2D eigenvalue weighted by molar-refractivity contribution is 0.627. The number of nitrogens with two attached hydrogens (primary N) is 1. The molecule has 6 heteroatoms. The summed E-state index contributed by atoms with van der Waals surface area (Å²) in [5.74, 6) is 2.62. The first-order valence-corrected chi connectivity index (χ1v) is 8.70. The number of nitrogens with zero attached hydrogens (tertiary/aromatic N) is 3. The molecule has 2 fully saturated rings. The van der Waals surface area contributed by atoms with E-state index in [0.29, 0.717) is 12.0 Å². The van der Waals surface area contributed by atoms with E-state index in [1.807, 2.05) is 18.2 Å². The number of aromatic nitrogens is 3. The lowest BCUT2D eigenvalue weighted by Gasteiger charge is -2.09. The fourth-order valence-corrected chi connectivity index (χ4v) is 3.73. The molecular formula is C15H17ClN4S. The van der Waals surface area contributed by atoms with Crippen LogP contribution in [0.2, 0.25) is 5.02 Å². The predicted molar refractivity (Wildman–Crippen MR) is 85.7 cm³/mol. The molecular weight excluding hydrogens is 304 g/mol. The molecule has 1 aromatic heterocycles. The Kier molecular flexibility index (Phi) is 3.34. The van der Waals surface area contributed by atoms with Crippen molar-refractivity contribution in [1.29, 1.82) is 0 Å². The fourth-order valence-electron chi connectivity index (χ4n) is 2.52. The highest BCUT2D eigenvalue weighted by molar-refractivity contribution is 7.98. The van der Waals surface area contributed by atoms with Crippen LogP contribution in [-0.4, -0.2) is 14.8 Å². The van der Waals surface area contributed by atoms with Crippen LogP contribution in [0.4, 0.5) is 5.69 Å². The van der Waals surface area contributed by atoms with Gasteiger partial charge >= 0.3 is 0 Å². The molecule has 2 N–H and O–H groups in total. The summed E-state index contributed by atoms with van der Waals surface area (Å²) in [5.41, 5.74) is 7.86. The second-order valence-electron chi connectivity index (χ2n) is 5.85. The van der Waals surface area contributed by atoms with Gasteiger partial charge in [-0.1, -0.05) is 23.4 Å². The van der Waals surface area contributed by atoms with Crippen LogP contribution in [0, 0.1) is 0 Å². The van der Waals surface area contributed by atoms with Gasteiger partial charge in [0.15, 0.2) is 5.16 Å². The molecule has 4 nitrogen and oxygen atoms in total. The Labute approximate surface area is 133 Å². The molecule has 21 heavy (non-hydrogen) atoms. The molecule has 4 rings (SSSR count). The van der Waals surface area contributed by atoms with Gasteiger partial charge in [0.25, 0.3) is 0 Å². The molecule has 0 unspecified atom stereocenters. The van der Waals surface area contributed by atoms with Crippen molar-refractivity contribution in [3.8, 4) is 0 Å². The number of nitrogen functional groups attached to an aromatic ring is 1. The fraction of sp³-hybridized carbons (Fsp3) is 0.467.